The molecule has 7 N–H and O–H groups in total. The molecule has 0 aliphatic carbocycles. The number of rotatable bonds is 4. The van der Waals surface area contributed by atoms with Gasteiger partial charge in [0.15, 0.2) is 5.96 Å². The predicted octanol–water partition coefficient (Wildman–Crippen LogP) is 0.445. The standard InChI is InChI=1S/C9H15N5.CH5P/c10-7-2-1-3-8(6-7)13-4-5-14-9(11)12;1-2/h1-3,6,13H,4-5,10H2,(H4,11,12,14);2H2,1H3. The van der Waals surface area contributed by atoms with E-state index in [2.05, 4.69) is 19.5 Å². The summed E-state index contributed by atoms with van der Waals surface area (Å²) in [5.74, 6) is 0.111. The first kappa shape index (κ1) is 14.5. The van der Waals surface area contributed by atoms with Gasteiger partial charge in [-0.3, -0.25) is 4.99 Å². The summed E-state index contributed by atoms with van der Waals surface area (Å²) in [5, 5.41) is 3.14. The first-order valence-electron chi connectivity index (χ1n) is 4.91. The summed E-state index contributed by atoms with van der Waals surface area (Å²) in [6, 6.07) is 7.51. The topological polar surface area (TPSA) is 102 Å². The van der Waals surface area contributed by atoms with Crippen LogP contribution in [0, 0.1) is 0 Å². The minimum Gasteiger partial charge on any atom is -0.399 e. The molecule has 0 bridgehead atoms. The van der Waals surface area contributed by atoms with Crippen LogP contribution in [0.25, 0.3) is 0 Å². The van der Waals surface area contributed by atoms with Crippen LogP contribution in [0.15, 0.2) is 29.3 Å². The molecule has 1 atom stereocenters. The number of anilines is 2. The lowest BCUT2D eigenvalue weighted by Gasteiger charge is -2.04. The average Bonchev–Trinajstić information content (AvgIpc) is 2.27. The molecule has 1 aromatic carbocycles. The van der Waals surface area contributed by atoms with Crippen molar-refractivity contribution in [2.75, 3.05) is 30.8 Å². The second-order valence-corrected chi connectivity index (χ2v) is 2.86. The maximum atomic E-state index is 5.60. The highest BCUT2D eigenvalue weighted by molar-refractivity contribution is 7.15. The summed E-state index contributed by atoms with van der Waals surface area (Å²) >= 11 is 0. The smallest absolute Gasteiger partial charge is 0.185 e. The van der Waals surface area contributed by atoms with Crippen LogP contribution in [0.2, 0.25) is 0 Å². The van der Waals surface area contributed by atoms with Gasteiger partial charge < -0.3 is 22.5 Å². The number of aliphatic imine (C=N–C) groups is 1. The third-order valence-corrected chi connectivity index (χ3v) is 1.62. The van der Waals surface area contributed by atoms with E-state index in [9.17, 15) is 0 Å². The second kappa shape index (κ2) is 8.80. The molecule has 0 spiro atoms. The van der Waals surface area contributed by atoms with Crippen LogP contribution in [-0.2, 0) is 0 Å². The van der Waals surface area contributed by atoms with E-state index in [4.69, 9.17) is 17.2 Å². The van der Waals surface area contributed by atoms with Gasteiger partial charge in [0.05, 0.1) is 6.54 Å². The Balaban J connectivity index is 0.00000106. The van der Waals surface area contributed by atoms with Gasteiger partial charge in [-0.2, -0.15) is 0 Å². The van der Waals surface area contributed by atoms with E-state index in [1.165, 1.54) is 0 Å². The Bertz CT molecular complexity index is 323. The number of guanidine groups is 1. The molecule has 0 aliphatic rings. The number of nitrogens with one attached hydrogen (secondary N) is 1. The van der Waals surface area contributed by atoms with Gasteiger partial charge in [0.25, 0.3) is 0 Å². The van der Waals surface area contributed by atoms with Crippen LogP contribution in [0.5, 0.6) is 0 Å². The highest BCUT2D eigenvalue weighted by Crippen LogP contribution is 2.10. The van der Waals surface area contributed by atoms with Gasteiger partial charge in [-0.1, -0.05) is 12.7 Å². The van der Waals surface area contributed by atoms with Crippen molar-refractivity contribution in [3.63, 3.8) is 0 Å². The van der Waals surface area contributed by atoms with Gasteiger partial charge in [-0.05, 0) is 18.2 Å². The van der Waals surface area contributed by atoms with Crippen molar-refractivity contribution >= 4 is 26.6 Å². The molecule has 0 amide bonds. The highest BCUT2D eigenvalue weighted by atomic mass is 31.0. The summed E-state index contributed by atoms with van der Waals surface area (Å²) in [7, 11) is 2.42. The quantitative estimate of drug-likeness (QED) is 0.202. The Kier molecular flexibility index (Phi) is 7.98. The van der Waals surface area contributed by atoms with Gasteiger partial charge in [0, 0.05) is 17.9 Å². The SMILES string of the molecule is CP.NC(N)=NCCNc1cccc(N)c1. The van der Waals surface area contributed by atoms with Crippen LogP contribution in [-0.4, -0.2) is 25.7 Å². The molecule has 0 fully saturated rings. The van der Waals surface area contributed by atoms with Crippen LogP contribution < -0.4 is 22.5 Å². The van der Waals surface area contributed by atoms with E-state index >= 15 is 0 Å². The van der Waals surface area contributed by atoms with E-state index in [1.54, 1.807) is 0 Å². The number of nitrogens with zero attached hydrogens (tertiary/aromatic N) is 1. The van der Waals surface area contributed by atoms with Crippen molar-refractivity contribution in [3.05, 3.63) is 24.3 Å². The molecular weight excluding hydrogens is 221 g/mol. The lowest BCUT2D eigenvalue weighted by atomic mass is 10.3. The van der Waals surface area contributed by atoms with Crippen LogP contribution >= 0.6 is 9.24 Å². The van der Waals surface area contributed by atoms with Gasteiger partial charge in [-0.25, -0.2) is 0 Å². The summed E-state index contributed by atoms with van der Waals surface area (Å²) in [6.45, 7) is 3.15. The monoisotopic (exact) mass is 241 g/mol. The van der Waals surface area contributed by atoms with Gasteiger partial charge in [0.1, 0.15) is 0 Å². The minimum absolute atomic E-state index is 0.111. The second-order valence-electron chi connectivity index (χ2n) is 2.86. The molecule has 1 rings (SSSR count). The Morgan fingerprint density at radius 2 is 2.06 bits per heavy atom. The highest BCUT2D eigenvalue weighted by Gasteiger charge is 1.91. The van der Waals surface area contributed by atoms with Crippen molar-refractivity contribution in [1.82, 2.24) is 0 Å². The zero-order valence-corrected chi connectivity index (χ0v) is 10.6. The Morgan fingerprint density at radius 1 is 1.38 bits per heavy atom. The normalized spacial score (nSPS) is 8.62. The Morgan fingerprint density at radius 3 is 2.62 bits per heavy atom. The summed E-state index contributed by atoms with van der Waals surface area (Å²) in [6.07, 6.45) is 0. The largest absolute Gasteiger partial charge is 0.399 e. The zero-order valence-electron chi connectivity index (χ0n) is 9.48. The third-order valence-electron chi connectivity index (χ3n) is 1.62. The van der Waals surface area contributed by atoms with Crippen LogP contribution in [0.1, 0.15) is 0 Å². The van der Waals surface area contributed by atoms with Crippen LogP contribution in [0.3, 0.4) is 0 Å². The molecule has 0 saturated heterocycles. The number of nitrogen functional groups attached to an aromatic ring is 1. The maximum absolute atomic E-state index is 5.60. The molecule has 0 aliphatic heterocycles. The van der Waals surface area contributed by atoms with E-state index in [-0.39, 0.29) is 5.96 Å². The number of hydrogen-bond acceptors (Lipinski definition) is 3. The van der Waals surface area contributed by atoms with Crippen molar-refractivity contribution in [2.24, 2.45) is 16.5 Å². The van der Waals surface area contributed by atoms with Crippen molar-refractivity contribution < 1.29 is 0 Å². The van der Waals surface area contributed by atoms with E-state index < -0.39 is 0 Å². The molecule has 6 heteroatoms. The fourth-order valence-electron chi connectivity index (χ4n) is 1.03. The van der Waals surface area contributed by atoms with Gasteiger partial charge in [-0.15, -0.1) is 9.24 Å². The molecule has 1 aromatic rings. The van der Waals surface area contributed by atoms with Crippen molar-refractivity contribution in [1.29, 1.82) is 0 Å². The fourth-order valence-corrected chi connectivity index (χ4v) is 1.03. The first-order chi connectivity index (χ1) is 7.68. The van der Waals surface area contributed by atoms with E-state index in [0.29, 0.717) is 13.1 Å². The van der Waals surface area contributed by atoms with Crippen molar-refractivity contribution in [2.45, 2.75) is 0 Å². The lowest BCUT2D eigenvalue weighted by Crippen LogP contribution is -2.23. The third kappa shape index (κ3) is 6.90. The zero-order chi connectivity index (χ0) is 12.4. The molecule has 0 radical (unpaired) electrons. The number of benzene rings is 1. The molecule has 5 nitrogen and oxygen atoms in total. The minimum atomic E-state index is 0.111. The Hall–Kier alpha value is -1.48. The maximum Gasteiger partial charge on any atom is 0.185 e. The first-order valence-corrected chi connectivity index (χ1v) is 6.06. The van der Waals surface area contributed by atoms with E-state index in [1.807, 2.05) is 30.9 Å². The molecule has 0 saturated carbocycles. The van der Waals surface area contributed by atoms with E-state index in [0.717, 1.165) is 11.4 Å². The molecule has 90 valence electrons. The molecule has 1 unspecified atom stereocenters. The summed E-state index contributed by atoms with van der Waals surface area (Å²) < 4.78 is 0. The van der Waals surface area contributed by atoms with Crippen LogP contribution in [0.4, 0.5) is 11.4 Å². The molecule has 0 heterocycles. The summed E-state index contributed by atoms with van der Waals surface area (Å²) in [4.78, 5) is 3.84. The van der Waals surface area contributed by atoms with Gasteiger partial charge >= 0.3 is 0 Å². The number of hydrogen-bond donors (Lipinski definition) is 4. The molecular formula is C10H20N5P. The Labute approximate surface area is 98.7 Å². The average molecular weight is 241 g/mol. The molecule has 0 aromatic heterocycles. The fraction of sp³-hybridized carbons (Fsp3) is 0.300. The van der Waals surface area contributed by atoms with Crippen molar-refractivity contribution in [3.8, 4) is 0 Å². The predicted molar refractivity (Wildman–Crippen MR) is 75.7 cm³/mol. The number of nitrogens with two attached hydrogens (primary N) is 3. The lowest BCUT2D eigenvalue weighted by molar-refractivity contribution is 1.01. The summed E-state index contributed by atoms with van der Waals surface area (Å²) in [5.41, 5.74) is 17.7. The van der Waals surface area contributed by atoms with Gasteiger partial charge in [0.2, 0.25) is 0 Å². The molecule has 16 heavy (non-hydrogen) atoms.